The monoisotopic (exact) mass is 460 g/mol. The predicted molar refractivity (Wildman–Crippen MR) is 111 cm³/mol. The molecule has 165 valence electrons. The van der Waals surface area contributed by atoms with Crippen LogP contribution < -0.4 is 24.8 Å². The maximum absolute atomic E-state index is 7.57. The Morgan fingerprint density at radius 1 is 0.481 bits per heavy atom. The average molecular weight is 461 g/mol. The Hall–Kier alpha value is 1.21. The van der Waals surface area contributed by atoms with Crippen molar-refractivity contribution in [3.05, 3.63) is 5.32 Å². The van der Waals surface area contributed by atoms with Crippen molar-refractivity contribution in [2.24, 2.45) is 0 Å². The number of aliphatic hydroxyl groups is 1. The summed E-state index contributed by atoms with van der Waals surface area (Å²) in [5.74, 6) is 0. The standard InChI is InChI=1S/C20H42N.C2H6O.2ClH.Ti/c1-3-5-7-9-11-13-15-17-19-21-20-18-16-14-12-10-8-6-4-2;1-2-3;;;/h3-20H2,1-2H3;3H,2H2,1H3;2*1H;/q-1;;;;+3/p-2. The molecule has 0 fully saturated rings. The van der Waals surface area contributed by atoms with E-state index in [9.17, 15) is 0 Å². The van der Waals surface area contributed by atoms with Crippen LogP contribution in [0, 0.1) is 0 Å². The van der Waals surface area contributed by atoms with Crippen LogP contribution in [0.15, 0.2) is 0 Å². The molecule has 0 aromatic carbocycles. The Kier molecular flexibility index (Phi) is 59.7. The first-order valence-electron chi connectivity index (χ1n) is 11.1. The summed E-state index contributed by atoms with van der Waals surface area (Å²) in [7, 11) is 0. The van der Waals surface area contributed by atoms with Crippen LogP contribution in [0.5, 0.6) is 0 Å². The fourth-order valence-corrected chi connectivity index (χ4v) is 2.83. The van der Waals surface area contributed by atoms with Gasteiger partial charge in [-0.3, -0.25) is 0 Å². The fraction of sp³-hybridized carbons (Fsp3) is 1.00. The minimum Gasteiger partial charge on any atom is -1.00 e. The molecule has 1 N–H and O–H groups in total. The van der Waals surface area contributed by atoms with Gasteiger partial charge in [0.2, 0.25) is 0 Å². The van der Waals surface area contributed by atoms with Gasteiger partial charge in [0.25, 0.3) is 0 Å². The van der Waals surface area contributed by atoms with Gasteiger partial charge in [-0.05, 0) is 6.92 Å². The van der Waals surface area contributed by atoms with E-state index in [1.807, 2.05) is 0 Å². The van der Waals surface area contributed by atoms with Crippen molar-refractivity contribution in [2.45, 2.75) is 124 Å². The summed E-state index contributed by atoms with van der Waals surface area (Å²) in [5, 5.41) is 12.2. The second-order valence-electron chi connectivity index (χ2n) is 6.94. The molecule has 0 saturated heterocycles. The quantitative estimate of drug-likeness (QED) is 0.245. The van der Waals surface area contributed by atoms with Crippen molar-refractivity contribution in [3.63, 3.8) is 0 Å². The molecular formula is C22H48Cl2NOTi. The first-order chi connectivity index (χ1) is 11.8. The molecule has 0 spiro atoms. The Morgan fingerprint density at radius 3 is 0.963 bits per heavy atom. The number of aliphatic hydroxyl groups excluding tert-OH is 1. The van der Waals surface area contributed by atoms with Gasteiger partial charge in [-0.15, -0.1) is 13.1 Å². The van der Waals surface area contributed by atoms with E-state index in [1.165, 1.54) is 103 Å². The molecule has 0 heterocycles. The van der Waals surface area contributed by atoms with Gasteiger partial charge in [-0.1, -0.05) is 117 Å². The van der Waals surface area contributed by atoms with Crippen LogP contribution in [0.3, 0.4) is 0 Å². The summed E-state index contributed by atoms with van der Waals surface area (Å²) in [6.07, 6.45) is 22.5. The zero-order valence-corrected chi connectivity index (χ0v) is 21.7. The minimum absolute atomic E-state index is 0. The first-order valence-corrected chi connectivity index (χ1v) is 11.1. The third kappa shape index (κ3) is 46.9. The average Bonchev–Trinajstić information content (AvgIpc) is 2.58. The van der Waals surface area contributed by atoms with E-state index in [0.29, 0.717) is 0 Å². The third-order valence-electron chi connectivity index (χ3n) is 4.34. The van der Waals surface area contributed by atoms with E-state index >= 15 is 0 Å². The van der Waals surface area contributed by atoms with Gasteiger partial charge in [0.1, 0.15) is 0 Å². The van der Waals surface area contributed by atoms with Crippen LogP contribution in [0.2, 0.25) is 0 Å². The molecule has 0 aliphatic heterocycles. The van der Waals surface area contributed by atoms with E-state index in [0.717, 1.165) is 13.1 Å². The second-order valence-corrected chi connectivity index (χ2v) is 6.94. The van der Waals surface area contributed by atoms with Crippen LogP contribution in [0.4, 0.5) is 0 Å². The molecule has 0 rings (SSSR count). The molecule has 0 atom stereocenters. The maximum Gasteiger partial charge on any atom is 3.00 e. The van der Waals surface area contributed by atoms with E-state index in [1.54, 1.807) is 6.92 Å². The van der Waals surface area contributed by atoms with Gasteiger partial charge in [0, 0.05) is 6.61 Å². The normalized spacial score (nSPS) is 9.33. The van der Waals surface area contributed by atoms with Gasteiger partial charge < -0.3 is 35.2 Å². The van der Waals surface area contributed by atoms with Crippen molar-refractivity contribution in [1.29, 1.82) is 0 Å². The van der Waals surface area contributed by atoms with Crippen molar-refractivity contribution in [1.82, 2.24) is 0 Å². The molecule has 0 aliphatic carbocycles. The van der Waals surface area contributed by atoms with Crippen LogP contribution >= 0.6 is 0 Å². The van der Waals surface area contributed by atoms with Crippen molar-refractivity contribution < 1.29 is 51.6 Å². The van der Waals surface area contributed by atoms with Gasteiger partial charge in [0.05, 0.1) is 0 Å². The molecule has 0 aromatic rings. The largest absolute Gasteiger partial charge is 3.00 e. The summed E-state index contributed by atoms with van der Waals surface area (Å²) in [6.45, 7) is 8.73. The minimum atomic E-state index is 0. The maximum atomic E-state index is 7.57. The first kappa shape index (κ1) is 38.8. The molecular weight excluding hydrogens is 413 g/mol. The smallest absolute Gasteiger partial charge is 1.00 e. The SMILES string of the molecule is CCCCCCCCCC[N-]CCCCCCCCCC.CCO.[Cl-].[Cl-].[Ti+3]. The summed E-state index contributed by atoms with van der Waals surface area (Å²) in [6, 6.07) is 0. The second kappa shape index (κ2) is 41.6. The fourth-order valence-electron chi connectivity index (χ4n) is 2.83. The Morgan fingerprint density at radius 2 is 0.704 bits per heavy atom. The van der Waals surface area contributed by atoms with Gasteiger partial charge in [-0.25, -0.2) is 0 Å². The number of hydrogen-bond donors (Lipinski definition) is 1. The molecule has 5 heteroatoms. The molecule has 0 unspecified atom stereocenters. The zero-order chi connectivity index (χ0) is 18.1. The molecule has 0 saturated carbocycles. The van der Waals surface area contributed by atoms with Gasteiger partial charge >= 0.3 is 21.7 Å². The number of hydrogen-bond acceptors (Lipinski definition) is 1. The number of unbranched alkanes of at least 4 members (excludes halogenated alkanes) is 14. The number of nitrogens with zero attached hydrogens (tertiary/aromatic N) is 1. The molecule has 0 amide bonds. The molecule has 0 aliphatic rings. The summed E-state index contributed by atoms with van der Waals surface area (Å²) in [4.78, 5) is 0. The Labute approximate surface area is 199 Å². The molecule has 2 nitrogen and oxygen atoms in total. The van der Waals surface area contributed by atoms with E-state index in [4.69, 9.17) is 5.11 Å². The molecule has 0 aromatic heterocycles. The van der Waals surface area contributed by atoms with Gasteiger partial charge in [-0.2, -0.15) is 0 Å². The van der Waals surface area contributed by atoms with E-state index in [2.05, 4.69) is 19.2 Å². The molecule has 1 radical (unpaired) electrons. The van der Waals surface area contributed by atoms with Gasteiger partial charge in [0.15, 0.2) is 0 Å². The molecule has 0 bridgehead atoms. The zero-order valence-electron chi connectivity index (χ0n) is 18.6. The number of rotatable bonds is 18. The van der Waals surface area contributed by atoms with Crippen LogP contribution in [0.25, 0.3) is 5.32 Å². The van der Waals surface area contributed by atoms with Crippen molar-refractivity contribution in [2.75, 3.05) is 19.7 Å². The number of halogens is 2. The Balaban J connectivity index is -0.000000251. The van der Waals surface area contributed by atoms with Crippen LogP contribution in [0.1, 0.15) is 124 Å². The third-order valence-corrected chi connectivity index (χ3v) is 4.34. The summed E-state index contributed by atoms with van der Waals surface area (Å²) >= 11 is 0. The topological polar surface area (TPSA) is 34.3 Å². The predicted octanol–water partition coefficient (Wildman–Crippen LogP) is 1.65. The van der Waals surface area contributed by atoms with E-state index in [-0.39, 0.29) is 53.1 Å². The molecule has 27 heavy (non-hydrogen) atoms. The summed E-state index contributed by atoms with van der Waals surface area (Å²) in [5.41, 5.74) is 0. The summed E-state index contributed by atoms with van der Waals surface area (Å²) < 4.78 is 0. The van der Waals surface area contributed by atoms with E-state index < -0.39 is 0 Å². The van der Waals surface area contributed by atoms with Crippen LogP contribution in [-0.4, -0.2) is 24.8 Å². The van der Waals surface area contributed by atoms with Crippen molar-refractivity contribution in [3.8, 4) is 0 Å². The van der Waals surface area contributed by atoms with Crippen LogP contribution in [-0.2, 0) is 21.7 Å². The Bertz CT molecular complexity index is 183. The van der Waals surface area contributed by atoms with Crippen molar-refractivity contribution >= 4 is 0 Å².